The van der Waals surface area contributed by atoms with Crippen LogP contribution >= 0.6 is 0 Å². The molecule has 0 heterocycles. The van der Waals surface area contributed by atoms with Gasteiger partial charge in [-0.1, -0.05) is 60.7 Å². The van der Waals surface area contributed by atoms with E-state index in [2.05, 4.69) is 48.5 Å². The Kier molecular flexibility index (Phi) is 4.12. The predicted molar refractivity (Wildman–Crippen MR) is 75.0 cm³/mol. The SMILES string of the molecule is CC(O)[SiH2]C(c1ccccc1)c1ccccc1. The fourth-order valence-corrected chi connectivity index (χ4v) is 3.95. The quantitative estimate of drug-likeness (QED) is 0.816. The Morgan fingerprint density at radius 2 is 1.24 bits per heavy atom. The van der Waals surface area contributed by atoms with Crippen molar-refractivity contribution >= 4 is 9.52 Å². The molecular weight excluding hydrogens is 224 g/mol. The van der Waals surface area contributed by atoms with E-state index in [9.17, 15) is 5.11 Å². The number of hydrogen-bond donors (Lipinski definition) is 1. The Hall–Kier alpha value is -1.38. The van der Waals surface area contributed by atoms with Crippen molar-refractivity contribution in [3.05, 3.63) is 71.8 Å². The van der Waals surface area contributed by atoms with E-state index in [0.29, 0.717) is 5.54 Å². The van der Waals surface area contributed by atoms with Gasteiger partial charge in [-0.2, -0.15) is 0 Å². The molecule has 0 spiro atoms. The lowest BCUT2D eigenvalue weighted by atomic mass is 10.0. The van der Waals surface area contributed by atoms with Gasteiger partial charge >= 0.3 is 0 Å². The van der Waals surface area contributed by atoms with Gasteiger partial charge in [0.15, 0.2) is 0 Å². The molecule has 1 nitrogen and oxygen atoms in total. The summed E-state index contributed by atoms with van der Waals surface area (Å²) in [5, 5.41) is 9.71. The van der Waals surface area contributed by atoms with Crippen molar-refractivity contribution in [1.82, 2.24) is 0 Å². The minimum absolute atomic E-state index is 0.152. The average molecular weight is 242 g/mol. The lowest BCUT2D eigenvalue weighted by Crippen LogP contribution is -2.21. The largest absolute Gasteiger partial charge is 0.397 e. The zero-order valence-corrected chi connectivity index (χ0v) is 11.5. The molecule has 0 amide bonds. The standard InChI is InChI=1S/C15H18OSi/c1-12(16)17-15(13-8-4-2-5-9-13)14-10-6-3-7-11-14/h2-12,15-16H,17H2,1H3. The van der Waals surface area contributed by atoms with Crippen LogP contribution in [-0.4, -0.2) is 20.4 Å². The molecule has 0 saturated heterocycles. The molecule has 2 rings (SSSR count). The van der Waals surface area contributed by atoms with Gasteiger partial charge in [-0.15, -0.1) is 0 Å². The molecule has 17 heavy (non-hydrogen) atoms. The van der Waals surface area contributed by atoms with E-state index in [1.54, 1.807) is 0 Å². The third-order valence-electron chi connectivity index (χ3n) is 2.98. The summed E-state index contributed by atoms with van der Waals surface area (Å²) in [5.74, 6) is 0. The van der Waals surface area contributed by atoms with Crippen molar-refractivity contribution in [2.45, 2.75) is 18.2 Å². The van der Waals surface area contributed by atoms with Gasteiger partial charge < -0.3 is 5.11 Å². The molecule has 0 fully saturated rings. The molecule has 0 saturated carbocycles. The van der Waals surface area contributed by atoms with Crippen LogP contribution in [0.5, 0.6) is 0 Å². The maximum Gasteiger partial charge on any atom is 0.0684 e. The van der Waals surface area contributed by atoms with Crippen LogP contribution in [0.3, 0.4) is 0 Å². The first-order valence-electron chi connectivity index (χ1n) is 6.05. The smallest absolute Gasteiger partial charge is 0.0684 e. The number of aliphatic hydroxyl groups is 1. The van der Waals surface area contributed by atoms with Crippen LogP contribution in [0.25, 0.3) is 0 Å². The summed E-state index contributed by atoms with van der Waals surface area (Å²) >= 11 is 0. The van der Waals surface area contributed by atoms with Crippen molar-refractivity contribution < 1.29 is 5.11 Å². The van der Waals surface area contributed by atoms with Crippen LogP contribution in [0.2, 0.25) is 0 Å². The Morgan fingerprint density at radius 3 is 1.59 bits per heavy atom. The topological polar surface area (TPSA) is 20.2 Å². The van der Waals surface area contributed by atoms with Gasteiger partial charge in [-0.3, -0.25) is 0 Å². The molecule has 88 valence electrons. The van der Waals surface area contributed by atoms with E-state index in [1.807, 2.05) is 19.1 Å². The molecule has 2 aromatic rings. The Bertz CT molecular complexity index is 399. The molecular formula is C15H18OSi. The number of aliphatic hydroxyl groups excluding tert-OH is 1. The molecule has 1 N–H and O–H groups in total. The molecule has 0 aliphatic heterocycles. The van der Waals surface area contributed by atoms with Gasteiger partial charge in [-0.05, 0) is 18.1 Å². The second-order valence-electron chi connectivity index (χ2n) is 4.46. The van der Waals surface area contributed by atoms with E-state index in [-0.39, 0.29) is 5.73 Å². The van der Waals surface area contributed by atoms with Gasteiger partial charge in [0, 0.05) is 11.3 Å². The Labute approximate surface area is 105 Å². The van der Waals surface area contributed by atoms with Crippen molar-refractivity contribution in [2.75, 3.05) is 0 Å². The van der Waals surface area contributed by atoms with Crippen LogP contribution in [0.1, 0.15) is 23.6 Å². The van der Waals surface area contributed by atoms with Crippen molar-refractivity contribution in [3.63, 3.8) is 0 Å². The first-order chi connectivity index (χ1) is 8.27. The lowest BCUT2D eigenvalue weighted by Gasteiger charge is -2.18. The lowest BCUT2D eigenvalue weighted by molar-refractivity contribution is 0.271. The summed E-state index contributed by atoms with van der Waals surface area (Å²) in [5.41, 5.74) is 2.91. The molecule has 2 aromatic carbocycles. The summed E-state index contributed by atoms with van der Waals surface area (Å²) in [4.78, 5) is 0. The fourth-order valence-electron chi connectivity index (χ4n) is 2.18. The van der Waals surface area contributed by atoms with E-state index >= 15 is 0 Å². The molecule has 2 heteroatoms. The summed E-state index contributed by atoms with van der Waals surface area (Å²) in [6.45, 7) is 1.91. The van der Waals surface area contributed by atoms with Crippen LogP contribution < -0.4 is 0 Å². The monoisotopic (exact) mass is 242 g/mol. The van der Waals surface area contributed by atoms with Gasteiger partial charge in [0.05, 0.1) is 9.52 Å². The van der Waals surface area contributed by atoms with Crippen molar-refractivity contribution in [3.8, 4) is 0 Å². The number of hydrogen-bond acceptors (Lipinski definition) is 1. The molecule has 1 atom stereocenters. The second kappa shape index (κ2) is 5.80. The normalized spacial score (nSPS) is 13.4. The molecule has 1 unspecified atom stereocenters. The fraction of sp³-hybridized carbons (Fsp3) is 0.200. The van der Waals surface area contributed by atoms with E-state index < -0.39 is 9.52 Å². The van der Waals surface area contributed by atoms with Crippen molar-refractivity contribution in [2.24, 2.45) is 0 Å². The van der Waals surface area contributed by atoms with Crippen molar-refractivity contribution in [1.29, 1.82) is 0 Å². The van der Waals surface area contributed by atoms with Crippen LogP contribution in [-0.2, 0) is 0 Å². The molecule has 0 radical (unpaired) electrons. The number of rotatable bonds is 4. The van der Waals surface area contributed by atoms with Crippen LogP contribution in [0.4, 0.5) is 0 Å². The van der Waals surface area contributed by atoms with Gasteiger partial charge in [0.1, 0.15) is 0 Å². The van der Waals surface area contributed by atoms with Crippen LogP contribution in [0.15, 0.2) is 60.7 Å². The molecule has 0 aliphatic carbocycles. The highest BCUT2D eigenvalue weighted by Gasteiger charge is 2.16. The first kappa shape index (κ1) is 12.1. The highest BCUT2D eigenvalue weighted by Crippen LogP contribution is 2.23. The molecule has 0 aromatic heterocycles. The average Bonchev–Trinajstić information content (AvgIpc) is 2.38. The summed E-state index contributed by atoms with van der Waals surface area (Å²) in [7, 11) is -0.581. The summed E-state index contributed by atoms with van der Waals surface area (Å²) in [6, 6.07) is 21.0. The predicted octanol–water partition coefficient (Wildman–Crippen LogP) is 2.28. The molecule has 0 bridgehead atoms. The third kappa shape index (κ3) is 3.28. The third-order valence-corrected chi connectivity index (χ3v) is 5.08. The second-order valence-corrected chi connectivity index (χ2v) is 6.93. The Morgan fingerprint density at radius 1 is 0.824 bits per heavy atom. The highest BCUT2D eigenvalue weighted by molar-refractivity contribution is 6.40. The minimum atomic E-state index is -0.581. The van der Waals surface area contributed by atoms with Gasteiger partial charge in [0.2, 0.25) is 0 Å². The molecule has 0 aliphatic rings. The maximum absolute atomic E-state index is 9.71. The van der Waals surface area contributed by atoms with E-state index in [1.165, 1.54) is 11.1 Å². The van der Waals surface area contributed by atoms with Gasteiger partial charge in [0.25, 0.3) is 0 Å². The Balaban J connectivity index is 2.32. The minimum Gasteiger partial charge on any atom is -0.397 e. The van der Waals surface area contributed by atoms with E-state index in [4.69, 9.17) is 0 Å². The van der Waals surface area contributed by atoms with Gasteiger partial charge in [-0.25, -0.2) is 0 Å². The first-order valence-corrected chi connectivity index (χ1v) is 7.68. The number of benzene rings is 2. The zero-order chi connectivity index (χ0) is 12.1. The zero-order valence-electron chi connectivity index (χ0n) is 10.1. The van der Waals surface area contributed by atoms with Crippen LogP contribution in [0, 0.1) is 0 Å². The van der Waals surface area contributed by atoms with E-state index in [0.717, 1.165) is 0 Å². The highest BCUT2D eigenvalue weighted by atomic mass is 28.2. The maximum atomic E-state index is 9.71. The summed E-state index contributed by atoms with van der Waals surface area (Å²) in [6.07, 6.45) is 0. The summed E-state index contributed by atoms with van der Waals surface area (Å²) < 4.78 is 0.